The highest BCUT2D eigenvalue weighted by molar-refractivity contribution is 5.65. The van der Waals surface area contributed by atoms with Crippen molar-refractivity contribution in [3.05, 3.63) is 47.4 Å². The molecule has 0 saturated carbocycles. The Kier molecular flexibility index (Phi) is 4.06. The van der Waals surface area contributed by atoms with E-state index in [9.17, 15) is 0 Å². The molecule has 0 saturated heterocycles. The van der Waals surface area contributed by atoms with Gasteiger partial charge in [0.15, 0.2) is 17.1 Å². The van der Waals surface area contributed by atoms with Gasteiger partial charge in [-0.1, -0.05) is 6.07 Å². The van der Waals surface area contributed by atoms with Crippen LogP contribution in [0.15, 0.2) is 30.5 Å². The molecule has 0 amide bonds. The van der Waals surface area contributed by atoms with Gasteiger partial charge in [0.25, 0.3) is 0 Å². The first-order valence-corrected chi connectivity index (χ1v) is 7.43. The molecular formula is C17H20N4O2. The molecule has 0 radical (unpaired) electrons. The highest BCUT2D eigenvalue weighted by Crippen LogP contribution is 2.28. The van der Waals surface area contributed by atoms with Crippen LogP contribution in [0.25, 0.3) is 5.65 Å². The van der Waals surface area contributed by atoms with Crippen molar-refractivity contribution in [3.8, 4) is 11.5 Å². The van der Waals surface area contributed by atoms with Crippen LogP contribution in [0.4, 0.5) is 5.69 Å². The number of ether oxygens (including phenoxy) is 2. The van der Waals surface area contributed by atoms with Gasteiger partial charge >= 0.3 is 0 Å². The maximum atomic E-state index is 5.99. The van der Waals surface area contributed by atoms with Gasteiger partial charge in [-0.3, -0.25) is 4.40 Å². The number of anilines is 1. The zero-order valence-corrected chi connectivity index (χ0v) is 13.5. The molecule has 3 rings (SSSR count). The summed E-state index contributed by atoms with van der Waals surface area (Å²) in [5.41, 5.74) is 9.59. The number of benzene rings is 1. The Morgan fingerprint density at radius 2 is 1.83 bits per heavy atom. The lowest BCUT2D eigenvalue weighted by atomic mass is 10.1. The lowest BCUT2D eigenvalue weighted by Crippen LogP contribution is -2.01. The molecule has 0 unspecified atom stereocenters. The first kappa shape index (κ1) is 15.1. The molecule has 6 nitrogen and oxygen atoms in total. The number of nitrogens with zero attached hydrogens (tertiary/aromatic N) is 3. The summed E-state index contributed by atoms with van der Waals surface area (Å²) < 4.78 is 12.6. The van der Waals surface area contributed by atoms with E-state index in [4.69, 9.17) is 15.2 Å². The van der Waals surface area contributed by atoms with E-state index < -0.39 is 0 Å². The first-order valence-electron chi connectivity index (χ1n) is 7.43. The van der Waals surface area contributed by atoms with Gasteiger partial charge in [0.05, 0.1) is 19.9 Å². The van der Waals surface area contributed by atoms with Gasteiger partial charge in [0.1, 0.15) is 5.82 Å². The Bertz CT molecular complexity index is 842. The van der Waals surface area contributed by atoms with Crippen molar-refractivity contribution in [1.29, 1.82) is 0 Å². The highest BCUT2D eigenvalue weighted by Gasteiger charge is 2.10. The number of aromatic nitrogens is 3. The second-order valence-electron chi connectivity index (χ2n) is 5.47. The Labute approximate surface area is 134 Å². The lowest BCUT2D eigenvalue weighted by molar-refractivity contribution is 0.354. The summed E-state index contributed by atoms with van der Waals surface area (Å²) in [6, 6.07) is 7.84. The van der Waals surface area contributed by atoms with Crippen molar-refractivity contribution in [2.45, 2.75) is 19.8 Å². The van der Waals surface area contributed by atoms with Crippen LogP contribution in [-0.4, -0.2) is 28.8 Å². The zero-order valence-electron chi connectivity index (χ0n) is 13.5. The fourth-order valence-corrected chi connectivity index (χ4v) is 2.67. The molecule has 0 aliphatic carbocycles. The number of hydrogen-bond donors (Lipinski definition) is 1. The van der Waals surface area contributed by atoms with Crippen LogP contribution in [0.5, 0.6) is 11.5 Å². The Hall–Kier alpha value is -2.76. The molecule has 0 spiro atoms. The third-order valence-electron chi connectivity index (χ3n) is 3.83. The predicted octanol–water partition coefficient (Wildman–Crippen LogP) is 2.42. The Morgan fingerprint density at radius 3 is 2.57 bits per heavy atom. The quantitative estimate of drug-likeness (QED) is 0.783. The smallest absolute Gasteiger partial charge is 0.184 e. The van der Waals surface area contributed by atoms with Gasteiger partial charge in [-0.2, -0.15) is 0 Å². The van der Waals surface area contributed by atoms with Gasteiger partial charge in [-0.25, -0.2) is 0 Å². The summed E-state index contributed by atoms with van der Waals surface area (Å²) in [6.45, 7) is 2.01. The molecule has 2 N–H and O–H groups in total. The first-order chi connectivity index (χ1) is 11.1. The molecule has 0 aliphatic heterocycles. The van der Waals surface area contributed by atoms with Gasteiger partial charge in [0, 0.05) is 12.6 Å². The molecular weight excluding hydrogens is 292 g/mol. The van der Waals surface area contributed by atoms with E-state index in [0.717, 1.165) is 41.3 Å². The van der Waals surface area contributed by atoms with Crippen LogP contribution < -0.4 is 15.2 Å². The fourth-order valence-electron chi connectivity index (χ4n) is 2.67. The number of aryl methyl sites for hydroxylation is 3. The number of rotatable bonds is 5. The van der Waals surface area contributed by atoms with Crippen molar-refractivity contribution >= 4 is 11.3 Å². The summed E-state index contributed by atoms with van der Waals surface area (Å²) >= 11 is 0. The average Bonchev–Trinajstić information content (AvgIpc) is 2.95. The van der Waals surface area contributed by atoms with Crippen LogP contribution in [0.1, 0.15) is 17.0 Å². The molecule has 0 aliphatic rings. The van der Waals surface area contributed by atoms with Crippen LogP contribution in [0.3, 0.4) is 0 Å². The van der Waals surface area contributed by atoms with Gasteiger partial charge in [0.2, 0.25) is 0 Å². The number of nitrogen functional groups attached to an aromatic ring is 1. The van der Waals surface area contributed by atoms with E-state index in [-0.39, 0.29) is 0 Å². The molecule has 120 valence electrons. The third kappa shape index (κ3) is 2.92. The number of pyridine rings is 1. The van der Waals surface area contributed by atoms with Crippen LogP contribution in [0.2, 0.25) is 0 Å². The minimum Gasteiger partial charge on any atom is -0.493 e. The maximum absolute atomic E-state index is 5.99. The van der Waals surface area contributed by atoms with E-state index in [2.05, 4.69) is 10.2 Å². The largest absolute Gasteiger partial charge is 0.493 e. The third-order valence-corrected chi connectivity index (χ3v) is 3.83. The van der Waals surface area contributed by atoms with Gasteiger partial charge < -0.3 is 15.2 Å². The summed E-state index contributed by atoms with van der Waals surface area (Å²) in [7, 11) is 3.27. The molecule has 0 atom stereocenters. The SMILES string of the molecule is COc1ccc(CCc2nnc3c(N)cc(C)cn23)cc1OC. The number of nitrogens with two attached hydrogens (primary N) is 1. The molecule has 0 fully saturated rings. The molecule has 0 bridgehead atoms. The second-order valence-corrected chi connectivity index (χ2v) is 5.47. The number of methoxy groups -OCH3 is 2. The molecule has 6 heteroatoms. The second kappa shape index (κ2) is 6.16. The van der Waals surface area contributed by atoms with E-state index in [1.54, 1.807) is 14.2 Å². The molecule has 2 aromatic heterocycles. The van der Waals surface area contributed by atoms with E-state index >= 15 is 0 Å². The number of fused-ring (bicyclic) bond motifs is 1. The summed E-state index contributed by atoms with van der Waals surface area (Å²) in [5, 5.41) is 8.44. The van der Waals surface area contributed by atoms with Crippen molar-refractivity contribution in [3.63, 3.8) is 0 Å². The normalized spacial score (nSPS) is 10.9. The average molecular weight is 312 g/mol. The monoisotopic (exact) mass is 312 g/mol. The van der Waals surface area contributed by atoms with E-state index in [1.165, 1.54) is 0 Å². The molecule has 3 aromatic rings. The predicted molar refractivity (Wildman–Crippen MR) is 89.1 cm³/mol. The Balaban J connectivity index is 1.84. The van der Waals surface area contributed by atoms with Crippen molar-refractivity contribution in [2.75, 3.05) is 20.0 Å². The highest BCUT2D eigenvalue weighted by atomic mass is 16.5. The van der Waals surface area contributed by atoms with Crippen LogP contribution in [-0.2, 0) is 12.8 Å². The fraction of sp³-hybridized carbons (Fsp3) is 0.294. The maximum Gasteiger partial charge on any atom is 0.184 e. The molecule has 1 aromatic carbocycles. The summed E-state index contributed by atoms with van der Waals surface area (Å²) in [4.78, 5) is 0. The van der Waals surface area contributed by atoms with Gasteiger partial charge in [-0.15, -0.1) is 10.2 Å². The van der Waals surface area contributed by atoms with Crippen LogP contribution >= 0.6 is 0 Å². The minimum atomic E-state index is 0.648. The minimum absolute atomic E-state index is 0.648. The Morgan fingerprint density at radius 1 is 1.04 bits per heavy atom. The summed E-state index contributed by atoms with van der Waals surface area (Å²) in [6.07, 6.45) is 3.60. The van der Waals surface area contributed by atoms with E-state index in [1.807, 2.05) is 41.8 Å². The topological polar surface area (TPSA) is 74.7 Å². The van der Waals surface area contributed by atoms with Crippen molar-refractivity contribution in [1.82, 2.24) is 14.6 Å². The van der Waals surface area contributed by atoms with Crippen LogP contribution in [0, 0.1) is 6.92 Å². The molecule has 2 heterocycles. The van der Waals surface area contributed by atoms with E-state index in [0.29, 0.717) is 11.3 Å². The standard InChI is InChI=1S/C17H20N4O2/c1-11-8-13(18)17-20-19-16(21(17)10-11)7-5-12-4-6-14(22-2)15(9-12)23-3/h4,6,8-10H,5,7,18H2,1-3H3. The van der Waals surface area contributed by atoms with Crippen molar-refractivity contribution < 1.29 is 9.47 Å². The molecule has 23 heavy (non-hydrogen) atoms. The zero-order chi connectivity index (χ0) is 16.4. The lowest BCUT2D eigenvalue weighted by Gasteiger charge is -2.09. The summed E-state index contributed by atoms with van der Waals surface area (Å²) in [5.74, 6) is 2.36. The number of hydrogen-bond acceptors (Lipinski definition) is 5. The van der Waals surface area contributed by atoms with Crippen molar-refractivity contribution in [2.24, 2.45) is 0 Å². The van der Waals surface area contributed by atoms with Gasteiger partial charge in [-0.05, 0) is 42.7 Å².